The van der Waals surface area contributed by atoms with E-state index in [4.69, 9.17) is 9.47 Å². The van der Waals surface area contributed by atoms with Gasteiger partial charge in [0.15, 0.2) is 0 Å². The van der Waals surface area contributed by atoms with E-state index in [1.807, 2.05) is 49.4 Å². The molecule has 1 N–H and O–H groups in total. The number of hydrogen-bond donors (Lipinski definition) is 1. The highest BCUT2D eigenvalue weighted by molar-refractivity contribution is 6.20. The minimum absolute atomic E-state index is 0. The van der Waals surface area contributed by atoms with Gasteiger partial charge in [0.25, 0.3) is 5.91 Å². The summed E-state index contributed by atoms with van der Waals surface area (Å²) in [6, 6.07) is 16.7. The summed E-state index contributed by atoms with van der Waals surface area (Å²) in [7, 11) is 5.08. The van der Waals surface area contributed by atoms with Crippen LogP contribution < -0.4 is 24.6 Å². The molecule has 10 nitrogen and oxygen atoms in total. The van der Waals surface area contributed by atoms with Crippen LogP contribution in [-0.2, 0) is 9.59 Å². The molecule has 3 amide bonds. The number of fused-ring (bicyclic) bond motifs is 1. The van der Waals surface area contributed by atoms with Crippen LogP contribution in [0.5, 0.6) is 11.5 Å². The first kappa shape index (κ1) is 38.3. The van der Waals surface area contributed by atoms with Crippen LogP contribution in [-0.4, -0.2) is 75.1 Å². The van der Waals surface area contributed by atoms with Crippen LogP contribution >= 0.6 is 24.8 Å². The van der Waals surface area contributed by atoms with Crippen molar-refractivity contribution in [3.8, 4) is 11.5 Å². The molecular formula is C34H45Cl2N5O5. The number of rotatable bonds is 13. The third-order valence-corrected chi connectivity index (χ3v) is 8.05. The number of halogens is 2. The number of ether oxygens (including phenoxy) is 2. The highest BCUT2D eigenvalue weighted by atomic mass is 35.5. The maximum absolute atomic E-state index is 13.1. The van der Waals surface area contributed by atoms with Crippen molar-refractivity contribution in [2.45, 2.75) is 39.7 Å². The van der Waals surface area contributed by atoms with Gasteiger partial charge >= 0.3 is 0 Å². The number of hydrogen-bond acceptors (Lipinski definition) is 7. The lowest BCUT2D eigenvalue weighted by Gasteiger charge is -2.27. The van der Waals surface area contributed by atoms with Crippen LogP contribution in [0, 0.1) is 5.41 Å². The van der Waals surface area contributed by atoms with Gasteiger partial charge in [0.05, 0.1) is 25.1 Å². The second-order valence-corrected chi connectivity index (χ2v) is 11.4. The Hall–Kier alpha value is -3.86. The normalized spacial score (nSPS) is 14.3. The van der Waals surface area contributed by atoms with E-state index in [0.717, 1.165) is 18.4 Å². The van der Waals surface area contributed by atoms with Gasteiger partial charge in [-0.1, -0.05) is 6.07 Å². The predicted molar refractivity (Wildman–Crippen MR) is 186 cm³/mol. The standard InChI is InChI=1S/C34H43N5O5.2ClH/c1-7-39-29-14-13-27(23-30(29)38(5)32(41)34(2,3)33(39)42)44-21-9-12-28(24-15-17-35-18-16-24)36-19-20-37(4)31(40)25-10-8-11-26(22-25)43-6;;/h8,10-11,13-18,22-23,28,36H,7,9,12,19-21H2,1-6H3;2*1H. The Morgan fingerprint density at radius 2 is 1.72 bits per heavy atom. The molecule has 1 atom stereocenters. The van der Waals surface area contributed by atoms with Crippen molar-refractivity contribution < 1.29 is 23.9 Å². The van der Waals surface area contributed by atoms with E-state index in [1.54, 1.807) is 74.3 Å². The maximum atomic E-state index is 13.1. The number of benzene rings is 2. The van der Waals surface area contributed by atoms with Crippen molar-refractivity contribution >= 4 is 53.9 Å². The molecule has 2 heterocycles. The first-order valence-corrected chi connectivity index (χ1v) is 15.0. The summed E-state index contributed by atoms with van der Waals surface area (Å²) in [6.07, 6.45) is 5.11. The number of methoxy groups -OCH3 is 1. The van der Waals surface area contributed by atoms with Crippen LogP contribution in [0.4, 0.5) is 11.4 Å². The second-order valence-electron chi connectivity index (χ2n) is 11.4. The lowest BCUT2D eigenvalue weighted by Crippen LogP contribution is -2.47. The van der Waals surface area contributed by atoms with Gasteiger partial charge in [-0.2, -0.15) is 0 Å². The Balaban J connectivity index is 0.00000368. The number of pyridine rings is 1. The van der Waals surface area contributed by atoms with E-state index in [-0.39, 0.29) is 48.6 Å². The van der Waals surface area contributed by atoms with Crippen LogP contribution in [0.1, 0.15) is 55.6 Å². The predicted octanol–water partition coefficient (Wildman–Crippen LogP) is 5.55. The van der Waals surface area contributed by atoms with Crippen molar-refractivity contribution in [1.29, 1.82) is 0 Å². The molecule has 0 spiro atoms. The highest BCUT2D eigenvalue weighted by Gasteiger charge is 2.45. The van der Waals surface area contributed by atoms with E-state index < -0.39 is 5.41 Å². The summed E-state index contributed by atoms with van der Waals surface area (Å²) < 4.78 is 11.4. The van der Waals surface area contributed by atoms with Crippen LogP contribution in [0.15, 0.2) is 67.0 Å². The van der Waals surface area contributed by atoms with E-state index in [0.29, 0.717) is 54.7 Å². The molecule has 0 saturated heterocycles. The van der Waals surface area contributed by atoms with Gasteiger partial charge in [0.1, 0.15) is 16.9 Å². The molecule has 4 rings (SSSR count). The molecule has 1 unspecified atom stereocenters. The van der Waals surface area contributed by atoms with E-state index >= 15 is 0 Å². The van der Waals surface area contributed by atoms with E-state index in [9.17, 15) is 14.4 Å². The fraction of sp³-hybridized carbons (Fsp3) is 0.412. The number of nitrogens with one attached hydrogen (secondary N) is 1. The second kappa shape index (κ2) is 17.2. The number of likely N-dealkylation sites (N-methyl/N-ethyl adjacent to an activating group) is 1. The zero-order valence-electron chi connectivity index (χ0n) is 27.3. The van der Waals surface area contributed by atoms with E-state index in [2.05, 4.69) is 10.3 Å². The number of nitrogens with zero attached hydrogens (tertiary/aromatic N) is 4. The molecule has 3 aromatic rings. The lowest BCUT2D eigenvalue weighted by molar-refractivity contribution is -0.137. The minimum atomic E-state index is -1.16. The number of anilines is 2. The quantitative estimate of drug-likeness (QED) is 0.187. The maximum Gasteiger partial charge on any atom is 0.253 e. The zero-order valence-corrected chi connectivity index (χ0v) is 29.0. The van der Waals surface area contributed by atoms with Gasteiger partial charge < -0.3 is 29.5 Å². The molecule has 0 radical (unpaired) electrons. The summed E-state index contributed by atoms with van der Waals surface area (Å²) in [4.78, 5) is 48.3. The molecule has 1 aliphatic heterocycles. The summed E-state index contributed by atoms with van der Waals surface area (Å²) >= 11 is 0. The Morgan fingerprint density at radius 1 is 1.00 bits per heavy atom. The zero-order chi connectivity index (χ0) is 31.9. The van der Waals surface area contributed by atoms with Crippen molar-refractivity contribution in [3.63, 3.8) is 0 Å². The summed E-state index contributed by atoms with van der Waals surface area (Å²) in [5.41, 5.74) is 1.89. The lowest BCUT2D eigenvalue weighted by atomic mass is 9.90. The molecule has 2 aromatic carbocycles. The average Bonchev–Trinajstić information content (AvgIpc) is 3.09. The smallest absolute Gasteiger partial charge is 0.253 e. The Kier molecular flexibility index (Phi) is 14.3. The molecule has 250 valence electrons. The first-order chi connectivity index (χ1) is 21.1. The average molecular weight is 675 g/mol. The van der Waals surface area contributed by atoms with E-state index in [1.165, 1.54) is 0 Å². The molecule has 1 aromatic heterocycles. The minimum Gasteiger partial charge on any atom is -0.497 e. The fourth-order valence-corrected chi connectivity index (χ4v) is 5.42. The van der Waals surface area contributed by atoms with Crippen LogP contribution in [0.3, 0.4) is 0 Å². The molecular weight excluding hydrogens is 629 g/mol. The molecule has 0 bridgehead atoms. The third-order valence-electron chi connectivity index (χ3n) is 8.05. The molecule has 46 heavy (non-hydrogen) atoms. The third kappa shape index (κ3) is 8.69. The van der Waals surface area contributed by atoms with Crippen LogP contribution in [0.2, 0.25) is 0 Å². The van der Waals surface area contributed by atoms with Crippen molar-refractivity contribution in [3.05, 3.63) is 78.1 Å². The van der Waals surface area contributed by atoms with Gasteiger partial charge in [0, 0.05) is 63.8 Å². The molecule has 0 fully saturated rings. The SMILES string of the molecule is CCN1C(=O)C(C)(C)C(=O)N(C)c2cc(OCCCC(NCCN(C)C(=O)c3cccc(OC)c3)c3ccncc3)ccc21.Cl.Cl. The number of carbonyl (C=O) groups excluding carboxylic acids is 3. The number of carbonyl (C=O) groups is 3. The highest BCUT2D eigenvalue weighted by Crippen LogP contribution is 2.40. The fourth-order valence-electron chi connectivity index (χ4n) is 5.42. The van der Waals surface area contributed by atoms with Gasteiger partial charge in [-0.15, -0.1) is 24.8 Å². The summed E-state index contributed by atoms with van der Waals surface area (Å²) in [5.74, 6) is 0.754. The molecule has 0 aliphatic carbocycles. The van der Waals surface area contributed by atoms with Gasteiger partial charge in [-0.05, 0) is 81.6 Å². The molecule has 0 saturated carbocycles. The van der Waals surface area contributed by atoms with Crippen LogP contribution in [0.25, 0.3) is 0 Å². The topological polar surface area (TPSA) is 104 Å². The summed E-state index contributed by atoms with van der Waals surface area (Å²) in [6.45, 7) is 7.31. The molecule has 12 heteroatoms. The first-order valence-electron chi connectivity index (χ1n) is 15.0. The van der Waals surface area contributed by atoms with Gasteiger partial charge in [-0.3, -0.25) is 19.4 Å². The Morgan fingerprint density at radius 3 is 2.39 bits per heavy atom. The molecule has 1 aliphatic rings. The number of amides is 3. The Labute approximate surface area is 284 Å². The Bertz CT molecular complexity index is 1470. The van der Waals surface area contributed by atoms with Crippen molar-refractivity contribution in [1.82, 2.24) is 15.2 Å². The van der Waals surface area contributed by atoms with Crippen molar-refractivity contribution in [2.75, 3.05) is 57.2 Å². The summed E-state index contributed by atoms with van der Waals surface area (Å²) in [5, 5.41) is 3.59. The van der Waals surface area contributed by atoms with Crippen molar-refractivity contribution in [2.24, 2.45) is 5.41 Å². The largest absolute Gasteiger partial charge is 0.497 e. The van der Waals surface area contributed by atoms with Gasteiger partial charge in [0.2, 0.25) is 11.8 Å². The monoisotopic (exact) mass is 673 g/mol. The number of aromatic nitrogens is 1. The van der Waals surface area contributed by atoms with Gasteiger partial charge in [-0.25, -0.2) is 0 Å².